The van der Waals surface area contributed by atoms with Crippen LogP contribution in [0.15, 0.2) is 30.3 Å². The Morgan fingerprint density at radius 1 is 1.31 bits per heavy atom. The maximum Gasteiger partial charge on any atom is 0.221 e. The van der Waals surface area contributed by atoms with Crippen molar-refractivity contribution in [1.82, 2.24) is 15.5 Å². The molecule has 2 fully saturated rings. The van der Waals surface area contributed by atoms with Crippen LogP contribution < -0.4 is 10.6 Å². The highest BCUT2D eigenvalue weighted by molar-refractivity contribution is 7.99. The fourth-order valence-electron chi connectivity index (χ4n) is 3.16. The fourth-order valence-corrected chi connectivity index (χ4v) is 4.11. The van der Waals surface area contributed by atoms with Crippen molar-refractivity contribution in [3.63, 3.8) is 0 Å². The summed E-state index contributed by atoms with van der Waals surface area (Å²) in [5.74, 6) is 2.29. The lowest BCUT2D eigenvalue weighted by Gasteiger charge is -2.33. The van der Waals surface area contributed by atoms with Crippen LogP contribution in [0.5, 0.6) is 0 Å². The molecule has 0 radical (unpaired) electrons. The van der Waals surface area contributed by atoms with E-state index in [9.17, 15) is 4.79 Å². The smallest absolute Gasteiger partial charge is 0.221 e. The highest BCUT2D eigenvalue weighted by Crippen LogP contribution is 2.11. The van der Waals surface area contributed by atoms with E-state index < -0.39 is 0 Å². The lowest BCUT2D eigenvalue weighted by atomic mass is 10.2. The quantitative estimate of drug-likeness (QED) is 0.734. The van der Waals surface area contributed by atoms with Gasteiger partial charge in [0.1, 0.15) is 0 Å². The number of halogens is 2. The molecule has 2 aliphatic rings. The molecule has 1 amide bonds. The zero-order valence-corrected chi connectivity index (χ0v) is 17.3. The minimum Gasteiger partial charge on any atom is -0.374 e. The van der Waals surface area contributed by atoms with Gasteiger partial charge in [0.15, 0.2) is 0 Å². The molecule has 2 atom stereocenters. The number of rotatable bonds is 6. The predicted molar refractivity (Wildman–Crippen MR) is 113 cm³/mol. The lowest BCUT2D eigenvalue weighted by molar-refractivity contribution is -0.122. The Balaban J connectivity index is 0.00000169. The van der Waals surface area contributed by atoms with Gasteiger partial charge in [0.05, 0.1) is 12.7 Å². The number of amides is 1. The third-order valence-corrected chi connectivity index (χ3v) is 5.56. The molecule has 1 aromatic rings. The second-order valence-corrected chi connectivity index (χ2v) is 7.60. The molecule has 2 saturated heterocycles. The topological polar surface area (TPSA) is 53.6 Å². The molecule has 0 spiro atoms. The van der Waals surface area contributed by atoms with Crippen LogP contribution in [0.2, 0.25) is 0 Å². The molecule has 8 heteroatoms. The summed E-state index contributed by atoms with van der Waals surface area (Å²) in [7, 11) is 0. The molecular weight excluding hydrogens is 393 g/mol. The zero-order valence-electron chi connectivity index (χ0n) is 14.9. The number of morpholine rings is 1. The van der Waals surface area contributed by atoms with E-state index in [4.69, 9.17) is 4.74 Å². The number of carbonyl (C=O) groups excluding carboxylic acids is 1. The van der Waals surface area contributed by atoms with Gasteiger partial charge in [-0.3, -0.25) is 9.69 Å². The molecule has 0 bridgehead atoms. The van der Waals surface area contributed by atoms with Crippen molar-refractivity contribution in [3.05, 3.63) is 35.9 Å². The molecule has 2 unspecified atom stereocenters. The molecular formula is C18H29Cl2N3O2S. The average molecular weight is 422 g/mol. The third kappa shape index (κ3) is 8.03. The van der Waals surface area contributed by atoms with E-state index in [1.807, 2.05) is 17.8 Å². The summed E-state index contributed by atoms with van der Waals surface area (Å²) in [5.41, 5.74) is 1.32. The first-order valence-corrected chi connectivity index (χ1v) is 9.91. The molecule has 0 aromatic heterocycles. The predicted octanol–water partition coefficient (Wildman–Crippen LogP) is 1.94. The van der Waals surface area contributed by atoms with E-state index in [0.717, 1.165) is 44.3 Å². The van der Waals surface area contributed by atoms with E-state index in [-0.39, 0.29) is 36.8 Å². The molecule has 26 heavy (non-hydrogen) atoms. The lowest BCUT2D eigenvalue weighted by Crippen LogP contribution is -2.48. The van der Waals surface area contributed by atoms with Gasteiger partial charge in [0.2, 0.25) is 5.91 Å². The van der Waals surface area contributed by atoms with Gasteiger partial charge in [-0.1, -0.05) is 30.3 Å². The van der Waals surface area contributed by atoms with Crippen LogP contribution in [-0.2, 0) is 16.1 Å². The molecule has 1 aromatic carbocycles. The van der Waals surface area contributed by atoms with Crippen molar-refractivity contribution in [2.75, 3.05) is 44.3 Å². The maximum absolute atomic E-state index is 12.1. The van der Waals surface area contributed by atoms with Gasteiger partial charge in [0.25, 0.3) is 0 Å². The summed E-state index contributed by atoms with van der Waals surface area (Å²) >= 11 is 1.92. The minimum atomic E-state index is 0. The van der Waals surface area contributed by atoms with Crippen LogP contribution in [0.1, 0.15) is 12.0 Å². The summed E-state index contributed by atoms with van der Waals surface area (Å²) in [6.45, 7) is 5.09. The number of hydrogen-bond donors (Lipinski definition) is 2. The van der Waals surface area contributed by atoms with Crippen molar-refractivity contribution in [3.8, 4) is 0 Å². The van der Waals surface area contributed by atoms with Crippen molar-refractivity contribution in [2.24, 2.45) is 0 Å². The number of carbonyl (C=O) groups is 1. The normalized spacial score (nSPS) is 23.4. The van der Waals surface area contributed by atoms with E-state index >= 15 is 0 Å². The van der Waals surface area contributed by atoms with E-state index in [2.05, 4.69) is 39.8 Å². The van der Waals surface area contributed by atoms with Crippen LogP contribution in [0.4, 0.5) is 0 Å². The van der Waals surface area contributed by atoms with Gasteiger partial charge < -0.3 is 15.4 Å². The first kappa shape index (κ1) is 23.5. The van der Waals surface area contributed by atoms with Gasteiger partial charge >= 0.3 is 0 Å². The SMILES string of the molecule is Cl.Cl.O=C(CC1CSCCN1)NCC1CN(Cc2ccccc2)CCO1. The van der Waals surface area contributed by atoms with Gasteiger partial charge in [0, 0.05) is 56.7 Å². The summed E-state index contributed by atoms with van der Waals surface area (Å²) in [6, 6.07) is 10.8. The summed E-state index contributed by atoms with van der Waals surface area (Å²) in [6.07, 6.45) is 0.646. The number of ether oxygens (including phenoxy) is 1. The van der Waals surface area contributed by atoms with Crippen molar-refractivity contribution in [2.45, 2.75) is 25.1 Å². The number of benzene rings is 1. The third-order valence-electron chi connectivity index (χ3n) is 4.43. The van der Waals surface area contributed by atoms with E-state index in [1.165, 1.54) is 5.56 Å². The Labute approximate surface area is 172 Å². The Bertz CT molecular complexity index is 518. The van der Waals surface area contributed by atoms with Gasteiger partial charge in [-0.05, 0) is 5.56 Å². The van der Waals surface area contributed by atoms with Gasteiger partial charge in [-0.2, -0.15) is 11.8 Å². The molecule has 0 aliphatic carbocycles. The van der Waals surface area contributed by atoms with Crippen LogP contribution in [-0.4, -0.2) is 67.2 Å². The van der Waals surface area contributed by atoms with Gasteiger partial charge in [-0.25, -0.2) is 0 Å². The summed E-state index contributed by atoms with van der Waals surface area (Å²) in [5, 5.41) is 6.45. The highest BCUT2D eigenvalue weighted by Gasteiger charge is 2.22. The van der Waals surface area contributed by atoms with Gasteiger partial charge in [-0.15, -0.1) is 24.8 Å². The highest BCUT2D eigenvalue weighted by atomic mass is 35.5. The summed E-state index contributed by atoms with van der Waals surface area (Å²) < 4.78 is 5.81. The average Bonchev–Trinajstić information content (AvgIpc) is 2.62. The number of nitrogens with one attached hydrogen (secondary N) is 2. The first-order valence-electron chi connectivity index (χ1n) is 8.75. The van der Waals surface area contributed by atoms with Crippen LogP contribution in [0.25, 0.3) is 0 Å². The number of hydrogen-bond acceptors (Lipinski definition) is 5. The summed E-state index contributed by atoms with van der Waals surface area (Å²) in [4.78, 5) is 14.5. The molecule has 148 valence electrons. The number of nitrogens with zero attached hydrogens (tertiary/aromatic N) is 1. The zero-order chi connectivity index (χ0) is 16.6. The molecule has 2 aliphatic heterocycles. The molecule has 2 N–H and O–H groups in total. The molecule has 0 saturated carbocycles. The maximum atomic E-state index is 12.1. The van der Waals surface area contributed by atoms with E-state index in [1.54, 1.807) is 0 Å². The molecule has 2 heterocycles. The largest absolute Gasteiger partial charge is 0.374 e. The minimum absolute atomic E-state index is 0. The van der Waals surface area contributed by atoms with Crippen molar-refractivity contribution < 1.29 is 9.53 Å². The monoisotopic (exact) mass is 421 g/mol. The Hall–Kier alpha value is -0.500. The molecule has 5 nitrogen and oxygen atoms in total. The second kappa shape index (κ2) is 12.8. The van der Waals surface area contributed by atoms with Crippen LogP contribution >= 0.6 is 36.6 Å². The molecule has 3 rings (SSSR count). The standard InChI is InChI=1S/C18H27N3O2S.2ClH/c22-18(10-16-14-24-9-6-19-16)20-11-17-13-21(7-8-23-17)12-15-4-2-1-3-5-15;;/h1-5,16-17,19H,6-14H2,(H,20,22);2*1H. The van der Waals surface area contributed by atoms with Crippen LogP contribution in [0, 0.1) is 0 Å². The Kier molecular flexibility index (Phi) is 11.6. The Morgan fingerprint density at radius 3 is 2.85 bits per heavy atom. The first-order chi connectivity index (χ1) is 11.8. The van der Waals surface area contributed by atoms with Crippen LogP contribution in [0.3, 0.4) is 0 Å². The van der Waals surface area contributed by atoms with E-state index in [0.29, 0.717) is 19.0 Å². The van der Waals surface area contributed by atoms with Crippen molar-refractivity contribution >= 4 is 42.5 Å². The number of thioether (sulfide) groups is 1. The Morgan fingerprint density at radius 2 is 2.12 bits per heavy atom. The fraction of sp³-hybridized carbons (Fsp3) is 0.611. The second-order valence-electron chi connectivity index (χ2n) is 6.45. The van der Waals surface area contributed by atoms with Crippen molar-refractivity contribution in [1.29, 1.82) is 0 Å².